The maximum Gasteiger partial charge on any atom is 0.232 e. The Morgan fingerprint density at radius 2 is 1.59 bits per heavy atom. The van der Waals surface area contributed by atoms with E-state index >= 15 is 0 Å². The van der Waals surface area contributed by atoms with Crippen molar-refractivity contribution in [2.24, 2.45) is 0 Å². The molecule has 0 bridgehead atoms. The fourth-order valence-corrected chi connectivity index (χ4v) is 11.3. The van der Waals surface area contributed by atoms with Gasteiger partial charge in [-0.05, 0) is 58.4 Å². The number of thiophene rings is 1. The standard InChI is InChI=1S/C43H44N2S/c1-7-12-27-17-19-28(20-18-27)31-21-22-33-37-39-35(46-40(31)37)16-11-24-45(39)42(5,6)43(33,8-2)26-30-25-29-13-9-14-32-36(29)38-34(41(32,3)4)15-10-23-44(30)38/h9-11,13-24,30H,7-8,12,25-26H2,1-6H3/q+2. The maximum atomic E-state index is 2.68. The number of aromatic nitrogens is 2. The highest BCUT2D eigenvalue weighted by Gasteiger charge is 2.59. The number of aryl methyl sites for hydroxylation is 1. The third kappa shape index (κ3) is 3.48. The molecule has 5 heterocycles. The molecule has 0 saturated carbocycles. The van der Waals surface area contributed by atoms with Crippen molar-refractivity contribution in [1.82, 2.24) is 0 Å². The van der Waals surface area contributed by atoms with Crippen LogP contribution in [-0.4, -0.2) is 0 Å². The molecule has 3 aromatic carbocycles. The lowest BCUT2D eigenvalue weighted by Crippen LogP contribution is -2.67. The lowest BCUT2D eigenvalue weighted by atomic mass is 9.59. The molecule has 0 amide bonds. The van der Waals surface area contributed by atoms with Gasteiger partial charge in [-0.1, -0.05) is 88.7 Å². The second-order valence-electron chi connectivity index (χ2n) is 15.2. The molecule has 3 heteroatoms. The second-order valence-corrected chi connectivity index (χ2v) is 16.3. The Morgan fingerprint density at radius 3 is 2.37 bits per heavy atom. The van der Waals surface area contributed by atoms with Gasteiger partial charge in [0.1, 0.15) is 4.70 Å². The lowest BCUT2D eigenvalue weighted by Gasteiger charge is -2.46. The molecule has 46 heavy (non-hydrogen) atoms. The van der Waals surface area contributed by atoms with Gasteiger partial charge >= 0.3 is 0 Å². The molecule has 0 fully saturated rings. The largest absolute Gasteiger partial charge is 0.232 e. The third-order valence-electron chi connectivity index (χ3n) is 12.4. The van der Waals surface area contributed by atoms with E-state index in [-0.39, 0.29) is 16.4 Å². The van der Waals surface area contributed by atoms with Crippen LogP contribution in [0.5, 0.6) is 0 Å². The summed E-state index contributed by atoms with van der Waals surface area (Å²) in [5.74, 6) is 0. The molecular formula is C43H44N2S+2. The summed E-state index contributed by atoms with van der Waals surface area (Å²) in [6.07, 6.45) is 10.3. The van der Waals surface area contributed by atoms with Crippen molar-refractivity contribution in [2.75, 3.05) is 0 Å². The monoisotopic (exact) mass is 620 g/mol. The second kappa shape index (κ2) is 9.61. The first-order chi connectivity index (χ1) is 22.2. The van der Waals surface area contributed by atoms with Crippen LogP contribution in [0.15, 0.2) is 91.3 Å². The van der Waals surface area contributed by atoms with E-state index < -0.39 is 0 Å². The van der Waals surface area contributed by atoms with E-state index in [4.69, 9.17) is 0 Å². The van der Waals surface area contributed by atoms with Gasteiger partial charge in [0.05, 0.1) is 16.4 Å². The van der Waals surface area contributed by atoms with Crippen LogP contribution in [0.25, 0.3) is 42.7 Å². The number of hydrogen-bond acceptors (Lipinski definition) is 1. The van der Waals surface area contributed by atoms with Crippen LogP contribution >= 0.6 is 11.3 Å². The molecule has 0 N–H and O–H groups in total. The molecule has 0 radical (unpaired) electrons. The molecule has 230 valence electrons. The van der Waals surface area contributed by atoms with Gasteiger partial charge in [-0.25, -0.2) is 0 Å². The van der Waals surface area contributed by atoms with Crippen molar-refractivity contribution in [1.29, 1.82) is 0 Å². The van der Waals surface area contributed by atoms with Crippen LogP contribution in [0.2, 0.25) is 0 Å². The van der Waals surface area contributed by atoms with Crippen molar-refractivity contribution in [3.63, 3.8) is 0 Å². The summed E-state index contributed by atoms with van der Waals surface area (Å²) < 4.78 is 8.17. The first-order valence-electron chi connectivity index (χ1n) is 17.4. The smallest absolute Gasteiger partial charge is 0.195 e. The van der Waals surface area contributed by atoms with Crippen LogP contribution in [0.4, 0.5) is 0 Å². The van der Waals surface area contributed by atoms with Crippen molar-refractivity contribution in [2.45, 2.75) is 96.1 Å². The third-order valence-corrected chi connectivity index (χ3v) is 13.6. The van der Waals surface area contributed by atoms with Crippen LogP contribution in [0, 0.1) is 0 Å². The Balaban J connectivity index is 1.26. The summed E-state index contributed by atoms with van der Waals surface area (Å²) in [5, 5.41) is 1.49. The van der Waals surface area contributed by atoms with Gasteiger partial charge in [0, 0.05) is 54.5 Å². The first kappa shape index (κ1) is 28.4. The highest BCUT2D eigenvalue weighted by atomic mass is 32.1. The highest BCUT2D eigenvalue weighted by molar-refractivity contribution is 7.26. The molecule has 2 nitrogen and oxygen atoms in total. The summed E-state index contributed by atoms with van der Waals surface area (Å²) in [7, 11) is 0. The van der Waals surface area contributed by atoms with E-state index in [9.17, 15) is 0 Å². The zero-order chi connectivity index (χ0) is 31.6. The average Bonchev–Trinajstić information content (AvgIpc) is 3.56. The number of nitrogens with zero attached hydrogens (tertiary/aromatic N) is 2. The number of hydrogen-bond donors (Lipinski definition) is 0. The molecule has 9 rings (SSSR count). The molecule has 2 unspecified atom stereocenters. The van der Waals surface area contributed by atoms with Crippen LogP contribution in [0.3, 0.4) is 0 Å². The van der Waals surface area contributed by atoms with E-state index in [0.717, 1.165) is 25.7 Å². The predicted molar refractivity (Wildman–Crippen MR) is 192 cm³/mol. The highest BCUT2D eigenvalue weighted by Crippen LogP contribution is 2.57. The summed E-state index contributed by atoms with van der Waals surface area (Å²) >= 11 is 1.99. The Bertz CT molecular complexity index is 2220. The number of rotatable bonds is 6. The first-order valence-corrected chi connectivity index (χ1v) is 18.2. The predicted octanol–water partition coefficient (Wildman–Crippen LogP) is 10.1. The van der Waals surface area contributed by atoms with Gasteiger partial charge in [0.2, 0.25) is 11.2 Å². The molecular weight excluding hydrogens is 577 g/mol. The zero-order valence-electron chi connectivity index (χ0n) is 28.1. The Labute approximate surface area is 277 Å². The quantitative estimate of drug-likeness (QED) is 0.164. The maximum absolute atomic E-state index is 2.68. The summed E-state index contributed by atoms with van der Waals surface area (Å²) in [5.41, 5.74) is 14.4. The van der Waals surface area contributed by atoms with E-state index in [2.05, 4.69) is 142 Å². The molecule has 3 aromatic heterocycles. The van der Waals surface area contributed by atoms with E-state index in [1.165, 1.54) is 71.4 Å². The molecule has 3 aliphatic rings. The Kier molecular flexibility index (Phi) is 5.93. The fourth-order valence-electron chi connectivity index (χ4n) is 10.0. The normalized spacial score (nSPS) is 21.3. The lowest BCUT2D eigenvalue weighted by molar-refractivity contribution is -0.754. The molecule has 0 saturated heterocycles. The molecule has 1 aliphatic carbocycles. The van der Waals surface area contributed by atoms with Crippen LogP contribution < -0.4 is 9.13 Å². The number of benzene rings is 3. The van der Waals surface area contributed by atoms with Crippen molar-refractivity contribution < 1.29 is 9.13 Å². The van der Waals surface area contributed by atoms with Crippen molar-refractivity contribution in [3.05, 3.63) is 119 Å². The molecule has 2 atom stereocenters. The Hall–Kier alpha value is -3.82. The van der Waals surface area contributed by atoms with Crippen LogP contribution in [-0.2, 0) is 29.2 Å². The van der Waals surface area contributed by atoms with Gasteiger partial charge in [-0.15, -0.1) is 11.3 Å². The SMILES string of the molecule is CCCc1ccc(-c2ccc3c4c2sc2ccc[n+](c24)C(C)(C)C3(CC)CC2Cc3cccc4c3-c3c(ccc[n+]32)C4(C)C)cc1. The topological polar surface area (TPSA) is 7.76 Å². The number of pyridine rings is 2. The summed E-state index contributed by atoms with van der Waals surface area (Å²) in [6, 6.07) is 31.1. The van der Waals surface area contributed by atoms with Gasteiger partial charge in [-0.3, -0.25) is 0 Å². The van der Waals surface area contributed by atoms with Crippen molar-refractivity contribution >= 4 is 31.6 Å². The summed E-state index contributed by atoms with van der Waals surface area (Å²) in [6.45, 7) is 14.6. The average molecular weight is 621 g/mol. The summed E-state index contributed by atoms with van der Waals surface area (Å²) in [4.78, 5) is 0. The minimum atomic E-state index is -0.106. The van der Waals surface area contributed by atoms with Crippen molar-refractivity contribution in [3.8, 4) is 22.4 Å². The molecule has 2 aliphatic heterocycles. The van der Waals surface area contributed by atoms with Gasteiger partial charge in [0.15, 0.2) is 24.0 Å². The zero-order valence-corrected chi connectivity index (χ0v) is 28.9. The van der Waals surface area contributed by atoms with E-state index in [1.807, 2.05) is 11.3 Å². The van der Waals surface area contributed by atoms with Gasteiger partial charge in [0.25, 0.3) is 0 Å². The Morgan fingerprint density at radius 1 is 0.804 bits per heavy atom. The minimum Gasteiger partial charge on any atom is -0.195 e. The molecule has 6 aromatic rings. The van der Waals surface area contributed by atoms with Gasteiger partial charge < -0.3 is 0 Å². The van der Waals surface area contributed by atoms with Gasteiger partial charge in [-0.2, -0.15) is 9.13 Å². The van der Waals surface area contributed by atoms with Crippen LogP contribution in [0.1, 0.15) is 94.7 Å². The van der Waals surface area contributed by atoms with E-state index in [1.54, 1.807) is 5.56 Å². The molecule has 0 spiro atoms. The van der Waals surface area contributed by atoms with E-state index in [0.29, 0.717) is 6.04 Å². The fraction of sp³-hybridized carbons (Fsp3) is 0.349. The minimum absolute atomic E-state index is 0.0267.